The van der Waals surface area contributed by atoms with E-state index in [0.717, 1.165) is 11.3 Å². The first-order valence-corrected chi connectivity index (χ1v) is 9.09. The Bertz CT molecular complexity index is 807. The molecule has 0 bridgehead atoms. The number of aromatic nitrogens is 2. The van der Waals surface area contributed by atoms with Crippen LogP contribution in [0.1, 0.15) is 43.7 Å². The molecule has 0 N–H and O–H groups in total. The summed E-state index contributed by atoms with van der Waals surface area (Å²) in [6, 6.07) is 7.37. The second-order valence-electron chi connectivity index (χ2n) is 6.28. The normalized spacial score (nSPS) is 15.6. The van der Waals surface area contributed by atoms with E-state index >= 15 is 0 Å². The summed E-state index contributed by atoms with van der Waals surface area (Å²) in [5.74, 6) is -1.64. The maximum Gasteiger partial charge on any atom is 0.324 e. The van der Waals surface area contributed by atoms with Crippen LogP contribution in [0, 0.1) is 0 Å². The number of rotatable bonds is 6. The van der Waals surface area contributed by atoms with Crippen molar-refractivity contribution in [2.24, 2.45) is 0 Å². The van der Waals surface area contributed by atoms with Crippen molar-refractivity contribution in [3.05, 3.63) is 47.8 Å². The second-order valence-corrected chi connectivity index (χ2v) is 6.28. The number of benzene rings is 1. The molecule has 142 valence electrons. The molecule has 1 aromatic heterocycles. The van der Waals surface area contributed by atoms with Crippen LogP contribution in [-0.4, -0.2) is 41.7 Å². The summed E-state index contributed by atoms with van der Waals surface area (Å²) in [7, 11) is 0. The van der Waals surface area contributed by atoms with E-state index in [-0.39, 0.29) is 19.1 Å². The van der Waals surface area contributed by atoms with Crippen LogP contribution < -0.4 is 4.90 Å². The molecular weight excluding hydrogens is 346 g/mol. The number of ether oxygens (including phenoxy) is 2. The highest BCUT2D eigenvalue weighted by Gasteiger charge is 2.39. The van der Waals surface area contributed by atoms with E-state index in [1.54, 1.807) is 38.4 Å². The minimum absolute atomic E-state index is 0.186. The molecule has 1 aliphatic rings. The van der Waals surface area contributed by atoms with Crippen LogP contribution in [0.5, 0.6) is 0 Å². The molecule has 0 aliphatic carbocycles. The standard InChI is InChI=1S/C20H23N3O4/c1-4-26-18(24)16(19(25)27-5-2)15-9-6-8-14-13(3)12-23(17(14)15)20-21-10-7-11-22-20/h6-11,13,16H,4-5,12H2,1-3H3. The minimum atomic E-state index is -1.14. The van der Waals surface area contributed by atoms with E-state index in [9.17, 15) is 9.59 Å². The lowest BCUT2D eigenvalue weighted by Crippen LogP contribution is -2.28. The first kappa shape index (κ1) is 18.8. The first-order chi connectivity index (χ1) is 13.1. The van der Waals surface area contributed by atoms with Gasteiger partial charge in [-0.3, -0.25) is 9.59 Å². The van der Waals surface area contributed by atoms with Crippen molar-refractivity contribution < 1.29 is 19.1 Å². The smallest absolute Gasteiger partial charge is 0.324 e. The van der Waals surface area contributed by atoms with Crippen molar-refractivity contribution in [2.75, 3.05) is 24.7 Å². The van der Waals surface area contributed by atoms with Gasteiger partial charge in [0.05, 0.1) is 18.9 Å². The Morgan fingerprint density at radius 1 is 1.11 bits per heavy atom. The van der Waals surface area contributed by atoms with Gasteiger partial charge in [0.15, 0.2) is 5.92 Å². The van der Waals surface area contributed by atoms with Gasteiger partial charge in [0.25, 0.3) is 0 Å². The molecule has 0 radical (unpaired) electrons. The van der Waals surface area contributed by atoms with Crippen molar-refractivity contribution in [2.45, 2.75) is 32.6 Å². The van der Waals surface area contributed by atoms with Gasteiger partial charge in [0.1, 0.15) is 0 Å². The molecule has 2 aromatic rings. The highest BCUT2D eigenvalue weighted by molar-refractivity contribution is 6.02. The van der Waals surface area contributed by atoms with Gasteiger partial charge in [-0.1, -0.05) is 25.1 Å². The summed E-state index contributed by atoms with van der Waals surface area (Å²) in [6.45, 7) is 6.55. The van der Waals surface area contributed by atoms with Crippen LogP contribution in [0.2, 0.25) is 0 Å². The Labute approximate surface area is 158 Å². The molecular formula is C20H23N3O4. The van der Waals surface area contributed by atoms with E-state index in [2.05, 4.69) is 16.9 Å². The van der Waals surface area contributed by atoms with Crippen molar-refractivity contribution >= 4 is 23.6 Å². The molecule has 0 saturated heterocycles. The quantitative estimate of drug-likeness (QED) is 0.572. The molecule has 0 fully saturated rings. The van der Waals surface area contributed by atoms with Crippen molar-refractivity contribution in [3.8, 4) is 0 Å². The molecule has 1 aromatic carbocycles. The summed E-state index contributed by atoms with van der Waals surface area (Å²) in [5, 5.41) is 0. The number of hydrogen-bond donors (Lipinski definition) is 0. The summed E-state index contributed by atoms with van der Waals surface area (Å²) in [6.07, 6.45) is 3.34. The lowest BCUT2D eigenvalue weighted by atomic mass is 9.93. The predicted molar refractivity (Wildman–Crippen MR) is 99.9 cm³/mol. The Balaban J connectivity index is 2.13. The summed E-state index contributed by atoms with van der Waals surface area (Å²) >= 11 is 0. The molecule has 0 spiro atoms. The lowest BCUT2D eigenvalue weighted by molar-refractivity contribution is -0.156. The van der Waals surface area contributed by atoms with Crippen LogP contribution in [-0.2, 0) is 19.1 Å². The first-order valence-electron chi connectivity index (χ1n) is 9.09. The van der Waals surface area contributed by atoms with E-state index in [4.69, 9.17) is 9.47 Å². The van der Waals surface area contributed by atoms with Gasteiger partial charge in [-0.2, -0.15) is 0 Å². The summed E-state index contributed by atoms with van der Waals surface area (Å²) < 4.78 is 10.3. The Hall–Kier alpha value is -2.96. The van der Waals surface area contributed by atoms with Gasteiger partial charge in [0.2, 0.25) is 5.95 Å². The maximum absolute atomic E-state index is 12.6. The van der Waals surface area contributed by atoms with Crippen LogP contribution >= 0.6 is 0 Å². The Morgan fingerprint density at radius 3 is 2.33 bits per heavy atom. The predicted octanol–water partition coefficient (Wildman–Crippen LogP) is 2.94. The Morgan fingerprint density at radius 2 is 1.74 bits per heavy atom. The number of carbonyl (C=O) groups is 2. The number of esters is 2. The highest BCUT2D eigenvalue weighted by atomic mass is 16.6. The molecule has 27 heavy (non-hydrogen) atoms. The van der Waals surface area contributed by atoms with Gasteiger partial charge in [-0.25, -0.2) is 9.97 Å². The fourth-order valence-corrected chi connectivity index (χ4v) is 3.40. The Kier molecular flexibility index (Phi) is 5.69. The second kappa shape index (κ2) is 8.16. The maximum atomic E-state index is 12.6. The van der Waals surface area contributed by atoms with Gasteiger partial charge in [0, 0.05) is 30.4 Å². The largest absolute Gasteiger partial charge is 0.465 e. The fourth-order valence-electron chi connectivity index (χ4n) is 3.40. The van der Waals surface area contributed by atoms with Crippen molar-refractivity contribution in [3.63, 3.8) is 0 Å². The van der Waals surface area contributed by atoms with E-state index in [1.807, 2.05) is 17.0 Å². The van der Waals surface area contributed by atoms with E-state index in [0.29, 0.717) is 18.1 Å². The number of nitrogens with zero attached hydrogens (tertiary/aromatic N) is 3. The molecule has 7 nitrogen and oxygen atoms in total. The number of para-hydroxylation sites is 1. The van der Waals surface area contributed by atoms with E-state index in [1.165, 1.54) is 0 Å². The van der Waals surface area contributed by atoms with Gasteiger partial charge >= 0.3 is 11.9 Å². The number of carbonyl (C=O) groups excluding carboxylic acids is 2. The number of anilines is 2. The zero-order chi connectivity index (χ0) is 19.4. The molecule has 1 unspecified atom stereocenters. The van der Waals surface area contributed by atoms with Crippen LogP contribution in [0.3, 0.4) is 0 Å². The fraction of sp³-hybridized carbons (Fsp3) is 0.400. The molecule has 0 amide bonds. The van der Waals surface area contributed by atoms with E-state index < -0.39 is 17.9 Å². The topological polar surface area (TPSA) is 81.6 Å². The molecule has 1 atom stereocenters. The molecule has 2 heterocycles. The van der Waals surface area contributed by atoms with Crippen molar-refractivity contribution in [1.29, 1.82) is 0 Å². The molecule has 3 rings (SSSR count). The molecule has 1 aliphatic heterocycles. The average molecular weight is 369 g/mol. The van der Waals surface area contributed by atoms with Gasteiger partial charge in [-0.05, 0) is 25.5 Å². The van der Waals surface area contributed by atoms with Crippen LogP contribution in [0.25, 0.3) is 0 Å². The zero-order valence-corrected chi connectivity index (χ0v) is 15.7. The summed E-state index contributed by atoms with van der Waals surface area (Å²) in [5.41, 5.74) is 2.38. The molecule has 0 saturated carbocycles. The third-order valence-electron chi connectivity index (χ3n) is 4.50. The average Bonchev–Trinajstić information content (AvgIpc) is 3.01. The van der Waals surface area contributed by atoms with Crippen LogP contribution in [0.4, 0.5) is 11.6 Å². The third-order valence-corrected chi connectivity index (χ3v) is 4.50. The number of fused-ring (bicyclic) bond motifs is 1. The SMILES string of the molecule is CCOC(=O)C(C(=O)OCC)c1cccc2c1N(c1ncccn1)CC2C. The monoisotopic (exact) mass is 369 g/mol. The number of hydrogen-bond acceptors (Lipinski definition) is 7. The third kappa shape index (κ3) is 3.63. The molecule has 7 heteroatoms. The zero-order valence-electron chi connectivity index (χ0n) is 15.7. The van der Waals surface area contributed by atoms with Crippen molar-refractivity contribution in [1.82, 2.24) is 9.97 Å². The lowest BCUT2D eigenvalue weighted by Gasteiger charge is -2.23. The summed E-state index contributed by atoms with van der Waals surface area (Å²) in [4.78, 5) is 35.8. The van der Waals surface area contributed by atoms with Gasteiger partial charge in [-0.15, -0.1) is 0 Å². The van der Waals surface area contributed by atoms with Crippen LogP contribution in [0.15, 0.2) is 36.7 Å². The van der Waals surface area contributed by atoms with Gasteiger partial charge < -0.3 is 14.4 Å². The highest BCUT2D eigenvalue weighted by Crippen LogP contribution is 2.44. The minimum Gasteiger partial charge on any atom is -0.465 e.